The molecule has 0 spiro atoms. The Kier molecular flexibility index (Phi) is 5.77. The second-order valence-electron chi connectivity index (χ2n) is 11.9. The van der Waals surface area contributed by atoms with E-state index >= 15 is 0 Å². The minimum Gasteiger partial charge on any atom is -0.456 e. The summed E-state index contributed by atoms with van der Waals surface area (Å²) in [6.07, 6.45) is 1.82. The number of aromatic nitrogens is 4. The predicted molar refractivity (Wildman–Crippen MR) is 191 cm³/mol. The summed E-state index contributed by atoms with van der Waals surface area (Å²) in [5, 5.41) is 5.28. The first-order chi connectivity index (χ1) is 23.7. The van der Waals surface area contributed by atoms with Gasteiger partial charge in [-0.1, -0.05) is 91.0 Å². The molecule has 10 aromatic rings. The van der Waals surface area contributed by atoms with Gasteiger partial charge in [-0.2, -0.15) is 0 Å². The Labute approximate surface area is 274 Å². The molecule has 0 fully saturated rings. The highest BCUT2D eigenvalue weighted by atomic mass is 16.3. The number of rotatable bonds is 4. The van der Waals surface area contributed by atoms with Crippen molar-refractivity contribution in [3.05, 3.63) is 146 Å². The van der Waals surface area contributed by atoms with E-state index in [1.54, 1.807) is 0 Å². The van der Waals surface area contributed by atoms with Gasteiger partial charge in [0.25, 0.3) is 0 Å². The molecule has 6 aromatic carbocycles. The van der Waals surface area contributed by atoms with Crippen LogP contribution < -0.4 is 0 Å². The van der Waals surface area contributed by atoms with Crippen molar-refractivity contribution in [1.29, 1.82) is 0 Å². The Hall–Kier alpha value is -6.66. The van der Waals surface area contributed by atoms with Crippen molar-refractivity contribution in [1.82, 2.24) is 19.9 Å². The summed E-state index contributed by atoms with van der Waals surface area (Å²) in [6.45, 7) is 0. The first-order valence-corrected chi connectivity index (χ1v) is 15.8. The molecule has 10 rings (SSSR count). The van der Waals surface area contributed by atoms with Gasteiger partial charge in [0.15, 0.2) is 17.5 Å². The second kappa shape index (κ2) is 10.4. The van der Waals surface area contributed by atoms with Crippen molar-refractivity contribution in [3.8, 4) is 45.3 Å². The van der Waals surface area contributed by atoms with E-state index in [4.69, 9.17) is 23.8 Å². The normalized spacial score (nSPS) is 11.8. The van der Waals surface area contributed by atoms with Gasteiger partial charge in [-0.15, -0.1) is 0 Å². The average molecular weight is 617 g/mol. The number of hydrogen-bond acceptors (Lipinski definition) is 6. The Morgan fingerprint density at radius 1 is 0.396 bits per heavy atom. The summed E-state index contributed by atoms with van der Waals surface area (Å²) in [7, 11) is 0. The van der Waals surface area contributed by atoms with Crippen LogP contribution in [0.15, 0.2) is 155 Å². The lowest BCUT2D eigenvalue weighted by Gasteiger charge is -2.10. The monoisotopic (exact) mass is 616 g/mol. The summed E-state index contributed by atoms with van der Waals surface area (Å²) in [4.78, 5) is 19.6. The molecule has 48 heavy (non-hydrogen) atoms. The largest absolute Gasteiger partial charge is 0.456 e. The number of fused-ring (bicyclic) bond motifs is 7. The predicted octanol–water partition coefficient (Wildman–Crippen LogP) is 10.9. The van der Waals surface area contributed by atoms with Crippen LogP contribution in [-0.4, -0.2) is 19.9 Å². The van der Waals surface area contributed by atoms with E-state index in [9.17, 15) is 0 Å². The fraction of sp³-hybridized carbons (Fsp3) is 0. The van der Waals surface area contributed by atoms with Crippen molar-refractivity contribution in [2.45, 2.75) is 0 Å². The molecular weight excluding hydrogens is 592 g/mol. The molecule has 0 N–H and O–H groups in total. The third kappa shape index (κ3) is 4.27. The van der Waals surface area contributed by atoms with E-state index in [0.717, 1.165) is 82.6 Å². The molecule has 4 heterocycles. The van der Waals surface area contributed by atoms with Gasteiger partial charge in [-0.3, -0.25) is 4.98 Å². The number of furan rings is 2. The number of nitrogens with zero attached hydrogens (tertiary/aromatic N) is 4. The Balaban J connectivity index is 1.14. The zero-order valence-corrected chi connectivity index (χ0v) is 25.5. The first kappa shape index (κ1) is 26.5. The zero-order chi connectivity index (χ0) is 31.6. The summed E-state index contributed by atoms with van der Waals surface area (Å²) in [5.74, 6) is 1.77. The highest BCUT2D eigenvalue weighted by Gasteiger charge is 2.17. The van der Waals surface area contributed by atoms with Crippen LogP contribution in [0.3, 0.4) is 0 Å². The lowest BCUT2D eigenvalue weighted by Crippen LogP contribution is -2.00. The molecule has 0 atom stereocenters. The quantitative estimate of drug-likeness (QED) is 0.196. The molecule has 0 amide bonds. The molecule has 4 aromatic heterocycles. The Bertz CT molecular complexity index is 2850. The van der Waals surface area contributed by atoms with Crippen LogP contribution in [0.25, 0.3) is 100 Å². The van der Waals surface area contributed by atoms with Crippen LogP contribution >= 0.6 is 0 Å². The van der Waals surface area contributed by atoms with Crippen LogP contribution in [-0.2, 0) is 0 Å². The molecule has 0 aliphatic heterocycles. The molecule has 6 heteroatoms. The van der Waals surface area contributed by atoms with Gasteiger partial charge in [-0.05, 0) is 59.7 Å². The lowest BCUT2D eigenvalue weighted by molar-refractivity contribution is 0.669. The number of pyridine rings is 1. The SMILES string of the molecule is c1ccc(-c2nc(-c3cccc(-c4cccc5oc6cc7cccnc7cc6c45)c3)nc(-c3ccc4c(c3)oc3ccccc34)n2)cc1. The molecule has 0 saturated heterocycles. The van der Waals surface area contributed by atoms with Crippen molar-refractivity contribution < 1.29 is 8.83 Å². The molecule has 0 radical (unpaired) electrons. The van der Waals surface area contributed by atoms with Gasteiger partial charge in [0.1, 0.15) is 22.3 Å². The van der Waals surface area contributed by atoms with Gasteiger partial charge >= 0.3 is 0 Å². The molecule has 0 aliphatic rings. The second-order valence-corrected chi connectivity index (χ2v) is 11.9. The van der Waals surface area contributed by atoms with Gasteiger partial charge < -0.3 is 8.83 Å². The van der Waals surface area contributed by atoms with Crippen LogP contribution in [0, 0.1) is 0 Å². The van der Waals surface area contributed by atoms with Crippen molar-refractivity contribution >= 4 is 54.8 Å². The summed E-state index contributed by atoms with van der Waals surface area (Å²) < 4.78 is 12.6. The highest BCUT2D eigenvalue weighted by Crippen LogP contribution is 2.39. The van der Waals surface area contributed by atoms with Crippen molar-refractivity contribution in [2.75, 3.05) is 0 Å². The van der Waals surface area contributed by atoms with Crippen molar-refractivity contribution in [2.24, 2.45) is 0 Å². The number of para-hydroxylation sites is 1. The maximum atomic E-state index is 6.35. The standard InChI is InChI=1S/C42H24N4O2/c1-2-9-25(10-3-1)40-44-41(46-42(45-40)29-18-19-32-31-14-4-5-16-35(31)47-37(32)23-29)28-12-6-11-26(21-28)30-15-7-17-36-39(30)33-24-34-27(13-8-20-43-34)22-38(33)48-36/h1-24H. The van der Waals surface area contributed by atoms with Gasteiger partial charge in [0.2, 0.25) is 0 Å². The Morgan fingerprint density at radius 2 is 1.06 bits per heavy atom. The fourth-order valence-electron chi connectivity index (χ4n) is 6.67. The fourth-order valence-corrected chi connectivity index (χ4v) is 6.67. The lowest BCUT2D eigenvalue weighted by atomic mass is 9.97. The van der Waals surface area contributed by atoms with E-state index in [-0.39, 0.29) is 0 Å². The van der Waals surface area contributed by atoms with Gasteiger partial charge in [-0.25, -0.2) is 15.0 Å². The van der Waals surface area contributed by atoms with Crippen LogP contribution in [0.4, 0.5) is 0 Å². The van der Waals surface area contributed by atoms with E-state index in [0.29, 0.717) is 17.5 Å². The third-order valence-corrected chi connectivity index (χ3v) is 8.96. The van der Waals surface area contributed by atoms with E-state index < -0.39 is 0 Å². The van der Waals surface area contributed by atoms with Gasteiger partial charge in [0.05, 0.1) is 5.52 Å². The zero-order valence-electron chi connectivity index (χ0n) is 25.5. The van der Waals surface area contributed by atoms with Gasteiger partial charge in [0, 0.05) is 49.8 Å². The third-order valence-electron chi connectivity index (χ3n) is 8.96. The molecule has 0 aliphatic carbocycles. The number of benzene rings is 6. The molecule has 224 valence electrons. The topological polar surface area (TPSA) is 77.8 Å². The van der Waals surface area contributed by atoms with E-state index in [2.05, 4.69) is 65.6 Å². The van der Waals surface area contributed by atoms with Crippen LogP contribution in [0.1, 0.15) is 0 Å². The molecular formula is C42H24N4O2. The van der Waals surface area contributed by atoms with Crippen LogP contribution in [0.2, 0.25) is 0 Å². The summed E-state index contributed by atoms with van der Waals surface area (Å²) in [6, 6.07) is 47.0. The first-order valence-electron chi connectivity index (χ1n) is 15.8. The minimum absolute atomic E-state index is 0.578. The van der Waals surface area contributed by atoms with E-state index in [1.165, 1.54) is 0 Å². The van der Waals surface area contributed by atoms with E-state index in [1.807, 2.05) is 85.1 Å². The maximum absolute atomic E-state index is 6.35. The molecule has 0 bridgehead atoms. The summed E-state index contributed by atoms with van der Waals surface area (Å²) >= 11 is 0. The van der Waals surface area contributed by atoms with Crippen molar-refractivity contribution in [3.63, 3.8) is 0 Å². The molecule has 0 unspecified atom stereocenters. The number of hydrogen-bond donors (Lipinski definition) is 0. The molecule has 6 nitrogen and oxygen atoms in total. The van der Waals surface area contributed by atoms with Crippen LogP contribution in [0.5, 0.6) is 0 Å². The minimum atomic E-state index is 0.578. The summed E-state index contributed by atoms with van der Waals surface area (Å²) in [5.41, 5.74) is 9.01. The smallest absolute Gasteiger partial charge is 0.164 e. The average Bonchev–Trinajstić information content (AvgIpc) is 3.71. The maximum Gasteiger partial charge on any atom is 0.164 e. The highest BCUT2D eigenvalue weighted by molar-refractivity contribution is 6.15. The molecule has 0 saturated carbocycles. The Morgan fingerprint density at radius 3 is 1.96 bits per heavy atom.